The monoisotopic (exact) mass is 238 g/mol. The first-order chi connectivity index (χ1) is 8.18. The zero-order valence-corrected chi connectivity index (χ0v) is 11.6. The quantitative estimate of drug-likeness (QED) is 0.789. The summed E-state index contributed by atoms with van der Waals surface area (Å²) >= 11 is 0. The zero-order chi connectivity index (χ0) is 12.2. The van der Waals surface area contributed by atoms with Crippen molar-refractivity contribution < 1.29 is 0 Å². The van der Waals surface area contributed by atoms with E-state index in [4.69, 9.17) is 5.73 Å². The standard InChI is InChI=1S/C15H30N2/c1-14(8-4-2-5-9-14)17-13-15(12-16)10-6-3-7-11-15/h17H,2-13,16H2,1H3. The van der Waals surface area contributed by atoms with Crippen molar-refractivity contribution in [3.63, 3.8) is 0 Å². The number of rotatable bonds is 4. The average Bonchev–Trinajstić information content (AvgIpc) is 2.39. The van der Waals surface area contributed by atoms with Gasteiger partial charge in [0.25, 0.3) is 0 Å². The average molecular weight is 238 g/mol. The van der Waals surface area contributed by atoms with Crippen LogP contribution in [0.1, 0.15) is 71.1 Å². The largest absolute Gasteiger partial charge is 0.330 e. The molecule has 0 aromatic carbocycles. The third-order valence-corrected chi connectivity index (χ3v) is 5.19. The molecule has 0 bridgehead atoms. The van der Waals surface area contributed by atoms with Gasteiger partial charge in [-0.1, -0.05) is 38.5 Å². The molecule has 0 atom stereocenters. The van der Waals surface area contributed by atoms with Crippen LogP contribution in [0.4, 0.5) is 0 Å². The van der Waals surface area contributed by atoms with Gasteiger partial charge in [-0.3, -0.25) is 0 Å². The fourth-order valence-electron chi connectivity index (χ4n) is 3.66. The van der Waals surface area contributed by atoms with Crippen molar-refractivity contribution in [3.8, 4) is 0 Å². The highest BCUT2D eigenvalue weighted by molar-refractivity contribution is 4.92. The predicted molar refractivity (Wildman–Crippen MR) is 74.1 cm³/mol. The van der Waals surface area contributed by atoms with Crippen molar-refractivity contribution in [2.75, 3.05) is 13.1 Å². The predicted octanol–water partition coefficient (Wildman–Crippen LogP) is 3.21. The van der Waals surface area contributed by atoms with Crippen LogP contribution >= 0.6 is 0 Å². The van der Waals surface area contributed by atoms with Crippen LogP contribution in [0.3, 0.4) is 0 Å². The molecule has 0 aliphatic heterocycles. The highest BCUT2D eigenvalue weighted by Gasteiger charge is 2.34. The molecule has 0 spiro atoms. The van der Waals surface area contributed by atoms with Crippen molar-refractivity contribution >= 4 is 0 Å². The van der Waals surface area contributed by atoms with E-state index in [9.17, 15) is 0 Å². The molecule has 3 N–H and O–H groups in total. The minimum absolute atomic E-state index is 0.401. The highest BCUT2D eigenvalue weighted by atomic mass is 15.0. The fraction of sp³-hybridized carbons (Fsp3) is 1.00. The Morgan fingerprint density at radius 1 is 0.882 bits per heavy atom. The van der Waals surface area contributed by atoms with Gasteiger partial charge in [0.05, 0.1) is 0 Å². The number of nitrogens with one attached hydrogen (secondary N) is 1. The van der Waals surface area contributed by atoms with Crippen molar-refractivity contribution in [2.24, 2.45) is 11.1 Å². The molecule has 2 fully saturated rings. The summed E-state index contributed by atoms with van der Waals surface area (Å²) in [6, 6.07) is 0. The normalized spacial score (nSPS) is 27.9. The fourth-order valence-corrected chi connectivity index (χ4v) is 3.66. The van der Waals surface area contributed by atoms with Gasteiger partial charge in [0, 0.05) is 12.1 Å². The third-order valence-electron chi connectivity index (χ3n) is 5.19. The summed E-state index contributed by atoms with van der Waals surface area (Å²) in [5, 5.41) is 3.88. The van der Waals surface area contributed by atoms with Crippen LogP contribution in [0, 0.1) is 5.41 Å². The van der Waals surface area contributed by atoms with Crippen LogP contribution in [0.5, 0.6) is 0 Å². The van der Waals surface area contributed by atoms with E-state index in [-0.39, 0.29) is 0 Å². The van der Waals surface area contributed by atoms with E-state index >= 15 is 0 Å². The van der Waals surface area contributed by atoms with E-state index in [0.29, 0.717) is 11.0 Å². The Morgan fingerprint density at radius 3 is 1.94 bits per heavy atom. The van der Waals surface area contributed by atoms with Gasteiger partial charge < -0.3 is 11.1 Å². The van der Waals surface area contributed by atoms with Gasteiger partial charge in [0.1, 0.15) is 0 Å². The molecule has 2 aliphatic rings. The lowest BCUT2D eigenvalue weighted by Crippen LogP contribution is -2.51. The van der Waals surface area contributed by atoms with E-state index in [1.165, 1.54) is 64.2 Å². The van der Waals surface area contributed by atoms with Gasteiger partial charge in [0.15, 0.2) is 0 Å². The first-order valence-electron chi connectivity index (χ1n) is 7.63. The molecule has 2 aliphatic carbocycles. The highest BCUT2D eigenvalue weighted by Crippen LogP contribution is 2.36. The molecule has 2 nitrogen and oxygen atoms in total. The molecule has 0 unspecified atom stereocenters. The summed E-state index contributed by atoms with van der Waals surface area (Å²) in [5.41, 5.74) is 6.87. The molecular formula is C15H30N2. The van der Waals surface area contributed by atoms with Crippen molar-refractivity contribution in [2.45, 2.75) is 76.7 Å². The summed E-state index contributed by atoms with van der Waals surface area (Å²) in [5.74, 6) is 0. The third kappa shape index (κ3) is 3.45. The van der Waals surface area contributed by atoms with Gasteiger partial charge in [-0.2, -0.15) is 0 Å². The second kappa shape index (κ2) is 5.71. The molecule has 2 rings (SSSR count). The number of nitrogens with two attached hydrogens (primary N) is 1. The van der Waals surface area contributed by atoms with Crippen LogP contribution in [-0.4, -0.2) is 18.6 Å². The van der Waals surface area contributed by atoms with Gasteiger partial charge in [-0.15, -0.1) is 0 Å². The van der Waals surface area contributed by atoms with E-state index in [1.807, 2.05) is 0 Å². The maximum absolute atomic E-state index is 6.06. The van der Waals surface area contributed by atoms with E-state index in [0.717, 1.165) is 13.1 Å². The second-order valence-electron chi connectivity index (χ2n) is 6.74. The lowest BCUT2D eigenvalue weighted by Gasteiger charge is -2.42. The van der Waals surface area contributed by atoms with Crippen LogP contribution < -0.4 is 11.1 Å². The zero-order valence-electron chi connectivity index (χ0n) is 11.6. The van der Waals surface area contributed by atoms with Crippen molar-refractivity contribution in [3.05, 3.63) is 0 Å². The Labute approximate surface area is 107 Å². The van der Waals surface area contributed by atoms with Crippen LogP contribution in [0.2, 0.25) is 0 Å². The lowest BCUT2D eigenvalue weighted by molar-refractivity contribution is 0.152. The Bertz CT molecular complexity index is 225. The summed E-state index contributed by atoms with van der Waals surface area (Å²) in [6.45, 7) is 4.44. The van der Waals surface area contributed by atoms with E-state index in [1.54, 1.807) is 0 Å². The van der Waals surface area contributed by atoms with Gasteiger partial charge in [0.2, 0.25) is 0 Å². The molecule has 17 heavy (non-hydrogen) atoms. The van der Waals surface area contributed by atoms with Crippen molar-refractivity contribution in [1.29, 1.82) is 0 Å². The summed E-state index contributed by atoms with van der Waals surface area (Å²) in [6.07, 6.45) is 13.8. The first kappa shape index (κ1) is 13.4. The smallest absolute Gasteiger partial charge is 0.0153 e. The lowest BCUT2D eigenvalue weighted by atomic mass is 9.73. The minimum atomic E-state index is 0.401. The Kier molecular flexibility index (Phi) is 4.48. The molecule has 0 aromatic heterocycles. The number of hydrogen-bond acceptors (Lipinski definition) is 2. The van der Waals surface area contributed by atoms with Crippen LogP contribution in [0.15, 0.2) is 0 Å². The Balaban J connectivity index is 1.86. The molecule has 0 heterocycles. The molecule has 0 amide bonds. The van der Waals surface area contributed by atoms with E-state index < -0.39 is 0 Å². The molecule has 2 heteroatoms. The minimum Gasteiger partial charge on any atom is -0.330 e. The topological polar surface area (TPSA) is 38.0 Å². The second-order valence-corrected chi connectivity index (χ2v) is 6.74. The number of hydrogen-bond donors (Lipinski definition) is 2. The summed E-state index contributed by atoms with van der Waals surface area (Å²) < 4.78 is 0. The first-order valence-corrected chi connectivity index (χ1v) is 7.63. The molecule has 0 radical (unpaired) electrons. The molecule has 2 saturated carbocycles. The van der Waals surface area contributed by atoms with Crippen LogP contribution in [-0.2, 0) is 0 Å². The van der Waals surface area contributed by atoms with Gasteiger partial charge in [-0.05, 0) is 44.6 Å². The summed E-state index contributed by atoms with van der Waals surface area (Å²) in [4.78, 5) is 0. The maximum atomic E-state index is 6.06. The Morgan fingerprint density at radius 2 is 1.41 bits per heavy atom. The van der Waals surface area contributed by atoms with Gasteiger partial charge in [-0.25, -0.2) is 0 Å². The molecular weight excluding hydrogens is 208 g/mol. The molecule has 100 valence electrons. The molecule has 0 saturated heterocycles. The van der Waals surface area contributed by atoms with Gasteiger partial charge >= 0.3 is 0 Å². The SMILES string of the molecule is CC1(NCC2(CN)CCCCC2)CCCCC1. The molecule has 0 aromatic rings. The van der Waals surface area contributed by atoms with Crippen LogP contribution in [0.25, 0.3) is 0 Å². The van der Waals surface area contributed by atoms with Crippen molar-refractivity contribution in [1.82, 2.24) is 5.32 Å². The van der Waals surface area contributed by atoms with E-state index in [2.05, 4.69) is 12.2 Å². The summed E-state index contributed by atoms with van der Waals surface area (Å²) in [7, 11) is 0. The Hall–Kier alpha value is -0.0800. The maximum Gasteiger partial charge on any atom is 0.0153 e.